The van der Waals surface area contributed by atoms with Crippen LogP contribution in [0.3, 0.4) is 0 Å². The van der Waals surface area contributed by atoms with Crippen molar-refractivity contribution >= 4 is 17.5 Å². The molecule has 0 aliphatic heterocycles. The molecule has 5 heteroatoms. The molecule has 4 nitrogen and oxygen atoms in total. The van der Waals surface area contributed by atoms with Crippen LogP contribution < -0.4 is 5.32 Å². The number of aryl methyl sites for hydroxylation is 1. The Kier molecular flexibility index (Phi) is 4.96. The summed E-state index contributed by atoms with van der Waals surface area (Å²) in [5.74, 6) is 2.69. The number of aromatic nitrogens is 2. The maximum atomic E-state index is 13.3. The highest BCUT2D eigenvalue weighted by molar-refractivity contribution is 6.31. The van der Waals surface area contributed by atoms with E-state index >= 15 is 0 Å². The molecule has 4 aliphatic carbocycles. The normalized spacial score (nSPS) is 30.5. The van der Waals surface area contributed by atoms with Crippen molar-refractivity contribution in [2.75, 3.05) is 0 Å². The average molecular weight is 426 g/mol. The lowest BCUT2D eigenvalue weighted by molar-refractivity contribution is -0.0688. The molecule has 4 bridgehead atoms. The maximum Gasteiger partial charge on any atom is 0.255 e. The summed E-state index contributed by atoms with van der Waals surface area (Å²) in [5.41, 5.74) is 3.73. The number of hydrogen-bond donors (Lipinski definition) is 1. The SMILES string of the molecule is Cc1nn(Cc2ccccc2Cl)c(C)c1C(=O)NC(C)C12CC3CC(CC(C3)C1)C2. The predicted octanol–water partition coefficient (Wildman–Crippen LogP) is 5.54. The van der Waals surface area contributed by atoms with Gasteiger partial charge in [-0.15, -0.1) is 0 Å². The second-order valence-corrected chi connectivity index (χ2v) is 10.7. The van der Waals surface area contributed by atoms with Crippen molar-refractivity contribution in [3.8, 4) is 0 Å². The monoisotopic (exact) mass is 425 g/mol. The standard InChI is InChI=1S/C25H32ClN3O/c1-15-23(16(2)29(28-15)14-21-6-4-5-7-22(21)26)24(30)27-17(3)25-11-18-8-19(12-25)10-20(9-18)13-25/h4-7,17-20H,8-14H2,1-3H3,(H,27,30). The van der Waals surface area contributed by atoms with Crippen LogP contribution in [0.4, 0.5) is 0 Å². The minimum absolute atomic E-state index is 0.0265. The predicted molar refractivity (Wildman–Crippen MR) is 120 cm³/mol. The minimum Gasteiger partial charge on any atom is -0.349 e. The van der Waals surface area contributed by atoms with Crippen LogP contribution in [0.1, 0.15) is 72.8 Å². The molecule has 160 valence electrons. The van der Waals surface area contributed by atoms with E-state index in [9.17, 15) is 4.79 Å². The molecule has 1 aromatic carbocycles. The second-order valence-electron chi connectivity index (χ2n) is 10.3. The lowest BCUT2D eigenvalue weighted by atomic mass is 9.48. The number of nitrogens with one attached hydrogen (secondary N) is 1. The Hall–Kier alpha value is -1.81. The summed E-state index contributed by atoms with van der Waals surface area (Å²) in [7, 11) is 0. The van der Waals surface area contributed by atoms with Gasteiger partial charge in [0.25, 0.3) is 5.91 Å². The van der Waals surface area contributed by atoms with Gasteiger partial charge in [-0.3, -0.25) is 9.48 Å². The molecule has 1 unspecified atom stereocenters. The third-order valence-electron chi connectivity index (χ3n) is 8.24. The Morgan fingerprint density at radius 1 is 1.17 bits per heavy atom. The first-order valence-corrected chi connectivity index (χ1v) is 11.8. The van der Waals surface area contributed by atoms with Crippen molar-refractivity contribution in [1.82, 2.24) is 15.1 Å². The van der Waals surface area contributed by atoms with Gasteiger partial charge in [0.1, 0.15) is 0 Å². The number of carbonyl (C=O) groups is 1. The van der Waals surface area contributed by atoms with Gasteiger partial charge < -0.3 is 5.32 Å². The fraction of sp³-hybridized carbons (Fsp3) is 0.600. The van der Waals surface area contributed by atoms with E-state index in [0.29, 0.717) is 12.0 Å². The zero-order valence-electron chi connectivity index (χ0n) is 18.2. The molecule has 4 saturated carbocycles. The van der Waals surface area contributed by atoms with Crippen molar-refractivity contribution in [3.63, 3.8) is 0 Å². The molecule has 1 amide bonds. The van der Waals surface area contributed by atoms with E-state index in [-0.39, 0.29) is 11.9 Å². The van der Waals surface area contributed by atoms with E-state index in [1.54, 1.807) is 0 Å². The number of halogens is 1. The molecule has 1 aromatic heterocycles. The lowest BCUT2D eigenvalue weighted by Gasteiger charge is -2.59. The summed E-state index contributed by atoms with van der Waals surface area (Å²) in [5, 5.41) is 8.80. The van der Waals surface area contributed by atoms with Gasteiger partial charge in [-0.25, -0.2) is 0 Å². The van der Waals surface area contributed by atoms with Crippen molar-refractivity contribution in [3.05, 3.63) is 51.8 Å². The van der Waals surface area contributed by atoms with Crippen molar-refractivity contribution in [2.24, 2.45) is 23.2 Å². The largest absolute Gasteiger partial charge is 0.349 e. The molecule has 0 radical (unpaired) electrons. The summed E-state index contributed by atoms with van der Waals surface area (Å²) in [6.07, 6.45) is 8.16. The number of carbonyl (C=O) groups excluding carboxylic acids is 1. The van der Waals surface area contributed by atoms with Crippen LogP contribution in [0.2, 0.25) is 5.02 Å². The van der Waals surface area contributed by atoms with Gasteiger partial charge in [0.2, 0.25) is 0 Å². The third kappa shape index (κ3) is 3.37. The molecule has 0 spiro atoms. The van der Waals surface area contributed by atoms with Gasteiger partial charge in [-0.05, 0) is 94.1 Å². The molecule has 6 rings (SSSR count). The van der Waals surface area contributed by atoms with E-state index < -0.39 is 0 Å². The van der Waals surface area contributed by atoms with Gasteiger partial charge in [0, 0.05) is 16.8 Å². The first kappa shape index (κ1) is 20.1. The van der Waals surface area contributed by atoms with Gasteiger partial charge in [-0.2, -0.15) is 5.10 Å². The Bertz CT molecular complexity index is 943. The number of hydrogen-bond acceptors (Lipinski definition) is 2. The van der Waals surface area contributed by atoms with Gasteiger partial charge in [-0.1, -0.05) is 29.8 Å². The lowest BCUT2D eigenvalue weighted by Crippen LogP contribution is -2.55. The zero-order chi connectivity index (χ0) is 21.0. The first-order chi connectivity index (χ1) is 14.3. The smallest absolute Gasteiger partial charge is 0.255 e. The molecule has 1 N–H and O–H groups in total. The summed E-state index contributed by atoms with van der Waals surface area (Å²) in [6.45, 7) is 6.73. The second kappa shape index (κ2) is 7.40. The van der Waals surface area contributed by atoms with E-state index in [4.69, 9.17) is 11.6 Å². The van der Waals surface area contributed by atoms with Gasteiger partial charge in [0.15, 0.2) is 0 Å². The molecule has 4 fully saturated rings. The summed E-state index contributed by atoms with van der Waals surface area (Å²) in [4.78, 5) is 13.3. The molecular weight excluding hydrogens is 394 g/mol. The summed E-state index contributed by atoms with van der Waals surface area (Å²) < 4.78 is 1.90. The first-order valence-electron chi connectivity index (χ1n) is 11.4. The highest BCUT2D eigenvalue weighted by Gasteiger charge is 2.53. The van der Waals surface area contributed by atoms with E-state index in [1.807, 2.05) is 42.8 Å². The summed E-state index contributed by atoms with van der Waals surface area (Å²) >= 11 is 6.33. The molecule has 0 saturated heterocycles. The minimum atomic E-state index is 0.0265. The fourth-order valence-corrected chi connectivity index (χ4v) is 7.29. The van der Waals surface area contributed by atoms with Crippen molar-refractivity contribution in [2.45, 2.75) is 71.9 Å². The molecule has 2 aromatic rings. The number of benzene rings is 1. The average Bonchev–Trinajstić information content (AvgIpc) is 2.95. The van der Waals surface area contributed by atoms with Gasteiger partial charge in [0.05, 0.1) is 17.8 Å². The number of rotatable bonds is 5. The zero-order valence-corrected chi connectivity index (χ0v) is 19.0. The molecule has 4 aliphatic rings. The highest BCUT2D eigenvalue weighted by atomic mass is 35.5. The van der Waals surface area contributed by atoms with Gasteiger partial charge >= 0.3 is 0 Å². The van der Waals surface area contributed by atoms with Crippen molar-refractivity contribution < 1.29 is 4.79 Å². The maximum absolute atomic E-state index is 13.3. The molecule has 1 heterocycles. The van der Waals surface area contributed by atoms with Crippen LogP contribution in [-0.2, 0) is 6.54 Å². The topological polar surface area (TPSA) is 46.9 Å². The van der Waals surface area contributed by atoms with Crippen LogP contribution in [0.5, 0.6) is 0 Å². The number of amides is 1. The van der Waals surface area contributed by atoms with Crippen molar-refractivity contribution in [1.29, 1.82) is 0 Å². The Morgan fingerprint density at radius 2 is 1.77 bits per heavy atom. The molecule has 1 atom stereocenters. The van der Waals surface area contributed by atoms with Crippen LogP contribution >= 0.6 is 11.6 Å². The molecule has 30 heavy (non-hydrogen) atoms. The van der Waals surface area contributed by atoms with Crippen LogP contribution in [0.25, 0.3) is 0 Å². The summed E-state index contributed by atoms with van der Waals surface area (Å²) in [6, 6.07) is 8.02. The Labute approximate surface area is 184 Å². The quantitative estimate of drug-likeness (QED) is 0.683. The number of nitrogens with zero attached hydrogens (tertiary/aromatic N) is 2. The molecular formula is C25H32ClN3O. The van der Waals surface area contributed by atoms with E-state index in [2.05, 4.69) is 17.3 Å². The van der Waals surface area contributed by atoms with E-state index in [1.165, 1.54) is 38.5 Å². The Balaban J connectivity index is 1.34. The van der Waals surface area contributed by atoms with Crippen LogP contribution in [-0.4, -0.2) is 21.7 Å². The van der Waals surface area contributed by atoms with Crippen LogP contribution in [0.15, 0.2) is 24.3 Å². The van der Waals surface area contributed by atoms with E-state index in [0.717, 1.165) is 45.3 Å². The Morgan fingerprint density at radius 3 is 2.37 bits per heavy atom. The fourth-order valence-electron chi connectivity index (χ4n) is 7.10. The third-order valence-corrected chi connectivity index (χ3v) is 8.61. The highest BCUT2D eigenvalue weighted by Crippen LogP contribution is 2.61. The van der Waals surface area contributed by atoms with Crippen LogP contribution in [0, 0.1) is 37.0 Å².